The molecule has 2 amide bonds. The van der Waals surface area contributed by atoms with Gasteiger partial charge in [0.1, 0.15) is 12.0 Å². The molecule has 4 heterocycles. The summed E-state index contributed by atoms with van der Waals surface area (Å²) >= 11 is 0. The maximum absolute atomic E-state index is 13.1. The zero-order valence-corrected chi connectivity index (χ0v) is 13.8. The van der Waals surface area contributed by atoms with E-state index in [9.17, 15) is 9.59 Å². The molecule has 0 saturated carbocycles. The molecule has 0 unspecified atom stereocenters. The van der Waals surface area contributed by atoms with Crippen LogP contribution in [0, 0.1) is 5.41 Å². The second-order valence-corrected chi connectivity index (χ2v) is 6.63. The van der Waals surface area contributed by atoms with Gasteiger partial charge in [-0.3, -0.25) is 14.6 Å². The molecule has 2 aliphatic rings. The summed E-state index contributed by atoms with van der Waals surface area (Å²) in [6, 6.07) is 5.31. The smallest absolute Gasteiger partial charge is 0.272 e. The summed E-state index contributed by atoms with van der Waals surface area (Å²) in [6.45, 7) is 1.75. The minimum Gasteiger partial charge on any atom is -0.336 e. The van der Waals surface area contributed by atoms with Gasteiger partial charge in [-0.1, -0.05) is 6.07 Å². The van der Waals surface area contributed by atoms with E-state index in [0.29, 0.717) is 25.3 Å². The van der Waals surface area contributed by atoms with E-state index < -0.39 is 5.41 Å². The van der Waals surface area contributed by atoms with Crippen LogP contribution in [-0.4, -0.2) is 51.3 Å². The number of pyridine rings is 1. The van der Waals surface area contributed by atoms with Gasteiger partial charge in [-0.15, -0.1) is 0 Å². The Morgan fingerprint density at radius 2 is 1.96 bits per heavy atom. The zero-order valence-electron chi connectivity index (χ0n) is 13.8. The highest BCUT2D eigenvalue weighted by atomic mass is 16.2. The third-order valence-corrected chi connectivity index (χ3v) is 5.12. The fourth-order valence-electron chi connectivity index (χ4n) is 3.83. The van der Waals surface area contributed by atoms with Crippen LogP contribution in [-0.2, 0) is 4.79 Å². The minimum absolute atomic E-state index is 0.0702. The lowest BCUT2D eigenvalue weighted by Crippen LogP contribution is -2.50. The summed E-state index contributed by atoms with van der Waals surface area (Å²) in [5.41, 5.74) is 0.647. The number of aromatic nitrogens is 3. The Morgan fingerprint density at radius 1 is 1.12 bits per heavy atom. The van der Waals surface area contributed by atoms with Crippen LogP contribution in [0.5, 0.6) is 0 Å². The van der Waals surface area contributed by atoms with E-state index in [0.717, 1.165) is 24.9 Å². The summed E-state index contributed by atoms with van der Waals surface area (Å²) in [6.07, 6.45) is 8.75. The molecule has 25 heavy (non-hydrogen) atoms. The van der Waals surface area contributed by atoms with Crippen molar-refractivity contribution in [3.05, 3.63) is 48.8 Å². The highest BCUT2D eigenvalue weighted by Gasteiger charge is 2.50. The van der Waals surface area contributed by atoms with Crippen LogP contribution < -0.4 is 4.90 Å². The quantitative estimate of drug-likeness (QED) is 0.830. The summed E-state index contributed by atoms with van der Waals surface area (Å²) in [5, 5.41) is 0. The van der Waals surface area contributed by atoms with Crippen LogP contribution in [0.2, 0.25) is 0 Å². The molecule has 1 spiro atoms. The Balaban J connectivity index is 1.55. The third-order valence-electron chi connectivity index (χ3n) is 5.12. The average molecular weight is 337 g/mol. The monoisotopic (exact) mass is 337 g/mol. The first-order chi connectivity index (χ1) is 12.2. The number of anilines is 1. The molecular weight excluding hydrogens is 318 g/mol. The van der Waals surface area contributed by atoms with Gasteiger partial charge in [0.05, 0.1) is 23.5 Å². The molecule has 7 nitrogen and oxygen atoms in total. The van der Waals surface area contributed by atoms with E-state index in [-0.39, 0.29) is 11.8 Å². The van der Waals surface area contributed by atoms with Gasteiger partial charge in [-0.2, -0.15) is 0 Å². The Kier molecular flexibility index (Phi) is 3.91. The molecule has 0 aliphatic carbocycles. The molecule has 2 fully saturated rings. The van der Waals surface area contributed by atoms with E-state index in [1.807, 2.05) is 0 Å². The van der Waals surface area contributed by atoms with Gasteiger partial charge in [-0.25, -0.2) is 9.97 Å². The van der Waals surface area contributed by atoms with Crippen LogP contribution in [0.3, 0.4) is 0 Å². The Bertz CT molecular complexity index is 783. The van der Waals surface area contributed by atoms with Gasteiger partial charge in [-0.05, 0) is 31.4 Å². The molecule has 1 atom stereocenters. The predicted molar refractivity (Wildman–Crippen MR) is 90.8 cm³/mol. The number of rotatable bonds is 2. The van der Waals surface area contributed by atoms with Crippen molar-refractivity contribution in [2.24, 2.45) is 5.41 Å². The molecule has 2 aromatic heterocycles. The molecule has 0 N–H and O–H groups in total. The average Bonchev–Trinajstić information content (AvgIpc) is 2.98. The molecule has 4 rings (SSSR count). The fraction of sp³-hybridized carbons (Fsp3) is 0.389. The summed E-state index contributed by atoms with van der Waals surface area (Å²) in [5.74, 6) is -0.0326. The lowest BCUT2D eigenvalue weighted by atomic mass is 9.78. The van der Waals surface area contributed by atoms with Crippen molar-refractivity contribution >= 4 is 17.5 Å². The largest absolute Gasteiger partial charge is 0.336 e. The van der Waals surface area contributed by atoms with E-state index in [2.05, 4.69) is 15.0 Å². The molecule has 2 aromatic rings. The zero-order chi connectivity index (χ0) is 17.3. The van der Waals surface area contributed by atoms with Crippen LogP contribution >= 0.6 is 0 Å². The van der Waals surface area contributed by atoms with E-state index in [4.69, 9.17) is 0 Å². The highest BCUT2D eigenvalue weighted by Crippen LogP contribution is 2.41. The lowest BCUT2D eigenvalue weighted by molar-refractivity contribution is -0.127. The van der Waals surface area contributed by atoms with Crippen molar-refractivity contribution in [2.45, 2.75) is 19.3 Å². The van der Waals surface area contributed by atoms with Crippen molar-refractivity contribution in [2.75, 3.05) is 24.5 Å². The molecule has 2 saturated heterocycles. The molecule has 2 aliphatic heterocycles. The number of hydrogen-bond acceptors (Lipinski definition) is 5. The fourth-order valence-corrected chi connectivity index (χ4v) is 3.83. The first kappa shape index (κ1) is 15.7. The molecule has 128 valence electrons. The van der Waals surface area contributed by atoms with Crippen molar-refractivity contribution < 1.29 is 9.59 Å². The van der Waals surface area contributed by atoms with Gasteiger partial charge in [0.15, 0.2) is 0 Å². The number of nitrogens with zero attached hydrogens (tertiary/aromatic N) is 5. The Hall–Kier alpha value is -2.83. The highest BCUT2D eigenvalue weighted by molar-refractivity contribution is 6.00. The summed E-state index contributed by atoms with van der Waals surface area (Å²) in [4.78, 5) is 41.5. The molecule has 0 bridgehead atoms. The van der Waals surface area contributed by atoms with Gasteiger partial charge in [0.25, 0.3) is 5.91 Å². The molecule has 0 radical (unpaired) electrons. The number of carbonyl (C=O) groups excluding carboxylic acids is 2. The second kappa shape index (κ2) is 6.23. The molecular formula is C18H19N5O2. The van der Waals surface area contributed by atoms with Gasteiger partial charge in [0, 0.05) is 25.8 Å². The van der Waals surface area contributed by atoms with Crippen molar-refractivity contribution in [1.82, 2.24) is 19.9 Å². The van der Waals surface area contributed by atoms with Crippen molar-refractivity contribution in [3.8, 4) is 0 Å². The number of hydrogen-bond donors (Lipinski definition) is 0. The minimum atomic E-state index is -0.501. The standard InChI is InChI=1S/C18H19N5O2/c24-16(15-4-1-2-7-21-15)22-8-3-5-18(12-22)6-9-23(17(18)25)14-10-19-13-20-11-14/h1-2,4,7,10-11,13H,3,5-6,8-9,12H2/t18-/m1/s1. The van der Waals surface area contributed by atoms with Gasteiger partial charge in [0.2, 0.25) is 5.91 Å². The van der Waals surface area contributed by atoms with Crippen molar-refractivity contribution in [1.29, 1.82) is 0 Å². The summed E-state index contributed by atoms with van der Waals surface area (Å²) < 4.78 is 0. The number of piperidine rings is 1. The first-order valence-electron chi connectivity index (χ1n) is 8.47. The molecule has 7 heteroatoms. The SMILES string of the molecule is O=C(c1ccccn1)N1CCC[C@@]2(CCN(c3cncnc3)C2=O)C1. The van der Waals surface area contributed by atoms with Crippen LogP contribution in [0.25, 0.3) is 0 Å². The maximum Gasteiger partial charge on any atom is 0.272 e. The lowest BCUT2D eigenvalue weighted by Gasteiger charge is -2.38. The van der Waals surface area contributed by atoms with Crippen LogP contribution in [0.15, 0.2) is 43.1 Å². The Labute approximate surface area is 145 Å². The number of amides is 2. The summed E-state index contributed by atoms with van der Waals surface area (Å²) in [7, 11) is 0. The normalized spacial score (nSPS) is 23.3. The number of carbonyl (C=O) groups is 2. The van der Waals surface area contributed by atoms with E-state index in [1.165, 1.54) is 6.33 Å². The topological polar surface area (TPSA) is 79.3 Å². The third kappa shape index (κ3) is 2.75. The van der Waals surface area contributed by atoms with E-state index >= 15 is 0 Å². The van der Waals surface area contributed by atoms with Crippen LogP contribution in [0.1, 0.15) is 29.8 Å². The Morgan fingerprint density at radius 3 is 2.72 bits per heavy atom. The van der Waals surface area contributed by atoms with Crippen molar-refractivity contribution in [3.63, 3.8) is 0 Å². The van der Waals surface area contributed by atoms with Gasteiger partial charge >= 0.3 is 0 Å². The van der Waals surface area contributed by atoms with Gasteiger partial charge < -0.3 is 9.80 Å². The second-order valence-electron chi connectivity index (χ2n) is 6.63. The van der Waals surface area contributed by atoms with E-state index in [1.54, 1.807) is 46.6 Å². The first-order valence-corrected chi connectivity index (χ1v) is 8.47. The molecule has 0 aromatic carbocycles. The maximum atomic E-state index is 13.1. The predicted octanol–water partition coefficient (Wildman–Crippen LogP) is 1.53. The van der Waals surface area contributed by atoms with Crippen LogP contribution in [0.4, 0.5) is 5.69 Å². The number of likely N-dealkylation sites (tertiary alicyclic amines) is 1.